The molecule has 0 fully saturated rings. The van der Waals surface area contributed by atoms with Crippen LogP contribution in [0.2, 0.25) is 5.02 Å². The Balaban J connectivity index is 1.83. The summed E-state index contributed by atoms with van der Waals surface area (Å²) in [5.41, 5.74) is 0.396. The summed E-state index contributed by atoms with van der Waals surface area (Å²) in [6.45, 7) is 0. The quantitative estimate of drug-likeness (QED) is 0.705. The van der Waals surface area contributed by atoms with Gasteiger partial charge in [0, 0.05) is 10.0 Å². The smallest absolute Gasteiger partial charge is 0.322 e. The number of nitrogens with one attached hydrogen (secondary N) is 1. The molecule has 0 saturated carbocycles. The van der Waals surface area contributed by atoms with E-state index in [1.54, 1.807) is 18.2 Å². The molecule has 2 aromatic carbocycles. The molecule has 1 N–H and O–H groups in total. The average molecular weight is 397 g/mol. The normalized spacial score (nSPS) is 10.6. The molecule has 5 nitrogen and oxygen atoms in total. The van der Waals surface area contributed by atoms with Crippen molar-refractivity contribution in [1.29, 1.82) is 0 Å². The summed E-state index contributed by atoms with van der Waals surface area (Å²) in [5, 5.41) is 9.88. The predicted octanol–water partition coefficient (Wildman–Crippen LogP) is 4.54. The first kappa shape index (κ1) is 15.6. The number of carbonyl (C=O) groups is 1. The van der Waals surface area contributed by atoms with E-state index < -0.39 is 11.7 Å². The van der Waals surface area contributed by atoms with Gasteiger partial charge < -0.3 is 4.42 Å². The van der Waals surface area contributed by atoms with Crippen molar-refractivity contribution in [2.75, 3.05) is 5.32 Å². The lowest BCUT2D eigenvalue weighted by Gasteiger charge is -2.04. The third-order valence-electron chi connectivity index (χ3n) is 2.91. The highest BCUT2D eigenvalue weighted by Crippen LogP contribution is 2.24. The van der Waals surface area contributed by atoms with E-state index in [1.165, 1.54) is 12.1 Å². The minimum absolute atomic E-state index is 0.00534. The molecule has 1 aromatic heterocycles. The number of anilines is 1. The minimum atomic E-state index is -0.766. The SMILES string of the molecule is O=C(Nc1nnc(-c2cccc(Br)c2)o1)c1c(F)cccc1Cl. The molecular formula is C15H8BrClFN3O2. The summed E-state index contributed by atoms with van der Waals surface area (Å²) in [4.78, 5) is 12.1. The first-order valence-electron chi connectivity index (χ1n) is 6.39. The highest BCUT2D eigenvalue weighted by atomic mass is 79.9. The standard InChI is InChI=1S/C15H8BrClFN3O2/c16-9-4-1-3-8(7-9)14-20-21-15(23-14)19-13(22)12-10(17)5-2-6-11(12)18/h1-7H,(H,19,21,22). The van der Waals surface area contributed by atoms with Gasteiger partial charge in [0.2, 0.25) is 5.89 Å². The Kier molecular flexibility index (Phi) is 4.40. The van der Waals surface area contributed by atoms with Gasteiger partial charge in [0.05, 0.1) is 10.6 Å². The topological polar surface area (TPSA) is 68.0 Å². The van der Waals surface area contributed by atoms with Gasteiger partial charge in [-0.2, -0.15) is 0 Å². The van der Waals surface area contributed by atoms with Gasteiger partial charge >= 0.3 is 6.01 Å². The van der Waals surface area contributed by atoms with Crippen LogP contribution in [0.5, 0.6) is 0 Å². The molecule has 0 saturated heterocycles. The lowest BCUT2D eigenvalue weighted by atomic mass is 10.2. The van der Waals surface area contributed by atoms with E-state index in [0.29, 0.717) is 5.56 Å². The number of hydrogen-bond acceptors (Lipinski definition) is 4. The van der Waals surface area contributed by atoms with E-state index in [9.17, 15) is 9.18 Å². The van der Waals surface area contributed by atoms with E-state index in [2.05, 4.69) is 31.4 Å². The molecule has 3 rings (SSSR count). The summed E-state index contributed by atoms with van der Waals surface area (Å²) >= 11 is 9.17. The molecule has 1 heterocycles. The summed E-state index contributed by atoms with van der Waals surface area (Å²) < 4.78 is 19.9. The van der Waals surface area contributed by atoms with Crippen molar-refractivity contribution in [3.05, 3.63) is 63.3 Å². The Morgan fingerprint density at radius 1 is 1.22 bits per heavy atom. The second-order valence-corrected chi connectivity index (χ2v) is 5.80. The molecule has 8 heteroatoms. The van der Waals surface area contributed by atoms with Crippen LogP contribution in [0.1, 0.15) is 10.4 Å². The fourth-order valence-electron chi connectivity index (χ4n) is 1.89. The van der Waals surface area contributed by atoms with Crippen LogP contribution in [0.4, 0.5) is 10.4 Å². The van der Waals surface area contributed by atoms with E-state index in [1.807, 2.05) is 6.07 Å². The summed E-state index contributed by atoms with van der Waals surface area (Å²) in [6.07, 6.45) is 0. The van der Waals surface area contributed by atoms with Gasteiger partial charge in [-0.3, -0.25) is 10.1 Å². The molecule has 0 aliphatic rings. The highest BCUT2D eigenvalue weighted by molar-refractivity contribution is 9.10. The van der Waals surface area contributed by atoms with Gasteiger partial charge in [-0.15, -0.1) is 5.10 Å². The lowest BCUT2D eigenvalue weighted by Crippen LogP contribution is -2.14. The fraction of sp³-hybridized carbons (Fsp3) is 0. The zero-order chi connectivity index (χ0) is 16.4. The molecule has 3 aromatic rings. The number of amides is 1. The van der Waals surface area contributed by atoms with Gasteiger partial charge in [0.15, 0.2) is 0 Å². The number of hydrogen-bond donors (Lipinski definition) is 1. The lowest BCUT2D eigenvalue weighted by molar-refractivity contribution is 0.102. The molecule has 23 heavy (non-hydrogen) atoms. The third-order valence-corrected chi connectivity index (χ3v) is 3.72. The largest absolute Gasteiger partial charge is 0.403 e. The van der Waals surface area contributed by atoms with Crippen LogP contribution in [-0.2, 0) is 0 Å². The van der Waals surface area contributed by atoms with Crippen molar-refractivity contribution in [3.63, 3.8) is 0 Å². The van der Waals surface area contributed by atoms with Crippen molar-refractivity contribution in [3.8, 4) is 11.5 Å². The second kappa shape index (κ2) is 6.47. The Labute approximate surface area is 143 Å². The molecule has 0 bridgehead atoms. The first-order chi connectivity index (χ1) is 11.0. The summed E-state index contributed by atoms with van der Waals surface area (Å²) in [6, 6.07) is 11.0. The number of benzene rings is 2. The zero-order valence-corrected chi connectivity index (χ0v) is 13.7. The predicted molar refractivity (Wildman–Crippen MR) is 86.8 cm³/mol. The Bertz CT molecular complexity index is 864. The molecule has 0 atom stereocenters. The van der Waals surface area contributed by atoms with Crippen LogP contribution in [0.25, 0.3) is 11.5 Å². The maximum atomic E-state index is 13.7. The van der Waals surface area contributed by atoms with Crippen LogP contribution in [0.15, 0.2) is 51.4 Å². The van der Waals surface area contributed by atoms with Gasteiger partial charge in [-0.05, 0) is 30.3 Å². The number of nitrogens with zero attached hydrogens (tertiary/aromatic N) is 2. The van der Waals surface area contributed by atoms with Crippen LogP contribution in [-0.4, -0.2) is 16.1 Å². The van der Waals surface area contributed by atoms with Crippen LogP contribution >= 0.6 is 27.5 Å². The van der Waals surface area contributed by atoms with Crippen molar-refractivity contribution in [2.24, 2.45) is 0 Å². The van der Waals surface area contributed by atoms with Crippen LogP contribution < -0.4 is 5.32 Å². The molecular weight excluding hydrogens is 389 g/mol. The Hall–Kier alpha value is -2.25. The zero-order valence-electron chi connectivity index (χ0n) is 11.4. The number of halogens is 3. The minimum Gasteiger partial charge on any atom is -0.403 e. The van der Waals surface area contributed by atoms with E-state index in [4.69, 9.17) is 16.0 Å². The molecule has 116 valence electrons. The molecule has 1 amide bonds. The Morgan fingerprint density at radius 3 is 2.74 bits per heavy atom. The highest BCUT2D eigenvalue weighted by Gasteiger charge is 2.18. The fourth-order valence-corrected chi connectivity index (χ4v) is 2.53. The second-order valence-electron chi connectivity index (χ2n) is 4.47. The monoisotopic (exact) mass is 395 g/mol. The van der Waals surface area contributed by atoms with Crippen molar-refractivity contribution in [1.82, 2.24) is 10.2 Å². The number of carbonyl (C=O) groups excluding carboxylic acids is 1. The molecule has 0 radical (unpaired) electrons. The van der Waals surface area contributed by atoms with Gasteiger partial charge in [0.25, 0.3) is 5.91 Å². The molecule has 0 spiro atoms. The van der Waals surface area contributed by atoms with E-state index >= 15 is 0 Å². The van der Waals surface area contributed by atoms with E-state index in [0.717, 1.165) is 10.5 Å². The summed E-state index contributed by atoms with van der Waals surface area (Å²) in [7, 11) is 0. The summed E-state index contributed by atoms with van der Waals surface area (Å²) in [5.74, 6) is -1.28. The van der Waals surface area contributed by atoms with Gasteiger partial charge in [0.1, 0.15) is 5.82 Å². The Morgan fingerprint density at radius 2 is 2.00 bits per heavy atom. The van der Waals surface area contributed by atoms with Crippen molar-refractivity contribution in [2.45, 2.75) is 0 Å². The average Bonchev–Trinajstić information content (AvgIpc) is 2.95. The number of aromatic nitrogens is 2. The third kappa shape index (κ3) is 3.40. The van der Waals surface area contributed by atoms with Gasteiger partial charge in [-0.25, -0.2) is 4.39 Å². The number of rotatable bonds is 3. The maximum Gasteiger partial charge on any atom is 0.322 e. The van der Waals surface area contributed by atoms with Crippen molar-refractivity contribution >= 4 is 39.5 Å². The van der Waals surface area contributed by atoms with Gasteiger partial charge in [-0.1, -0.05) is 44.8 Å². The molecule has 0 aliphatic carbocycles. The van der Waals surface area contributed by atoms with E-state index in [-0.39, 0.29) is 22.5 Å². The maximum absolute atomic E-state index is 13.7. The molecule has 0 aliphatic heterocycles. The van der Waals surface area contributed by atoms with Crippen molar-refractivity contribution < 1.29 is 13.6 Å². The first-order valence-corrected chi connectivity index (χ1v) is 7.56. The van der Waals surface area contributed by atoms with Crippen LogP contribution in [0.3, 0.4) is 0 Å². The van der Waals surface area contributed by atoms with Crippen LogP contribution in [0, 0.1) is 5.82 Å². The molecule has 0 unspecified atom stereocenters.